The summed E-state index contributed by atoms with van der Waals surface area (Å²) in [5.74, 6) is -0.215. The van der Waals surface area contributed by atoms with Gasteiger partial charge in [-0.1, -0.05) is 28.1 Å². The van der Waals surface area contributed by atoms with Crippen LogP contribution in [0.1, 0.15) is 12.5 Å². The van der Waals surface area contributed by atoms with E-state index < -0.39 is 0 Å². The molecule has 0 aliphatic rings. The molecule has 0 amide bonds. The predicted octanol–water partition coefficient (Wildman–Crippen LogP) is 3.62. The summed E-state index contributed by atoms with van der Waals surface area (Å²) in [6.45, 7) is 1.90. The van der Waals surface area contributed by atoms with Crippen LogP contribution < -0.4 is 0 Å². The fraction of sp³-hybridized carbons (Fsp3) is 0.111. The molecule has 2 heteroatoms. The minimum atomic E-state index is -0.215. The van der Waals surface area contributed by atoms with Crippen molar-refractivity contribution in [2.24, 2.45) is 0 Å². The molecule has 1 aromatic carbocycles. The van der Waals surface area contributed by atoms with E-state index in [1.54, 1.807) is 0 Å². The molecule has 0 fully saturated rings. The van der Waals surface area contributed by atoms with Crippen molar-refractivity contribution in [2.45, 2.75) is 6.92 Å². The van der Waals surface area contributed by atoms with Crippen molar-refractivity contribution in [3.63, 3.8) is 0 Å². The van der Waals surface area contributed by atoms with Gasteiger partial charge in [0.05, 0.1) is 0 Å². The first-order chi connectivity index (χ1) is 5.22. The maximum Gasteiger partial charge on any atom is 0.124 e. The Morgan fingerprint density at radius 2 is 2.09 bits per heavy atom. The summed E-state index contributed by atoms with van der Waals surface area (Å²) in [7, 11) is 0. The van der Waals surface area contributed by atoms with Crippen molar-refractivity contribution in [1.82, 2.24) is 0 Å². The van der Waals surface area contributed by atoms with Gasteiger partial charge >= 0.3 is 0 Å². The summed E-state index contributed by atoms with van der Waals surface area (Å²) >= 11 is 3.21. The molecule has 0 unspecified atom stereocenters. The second-order valence-corrected chi connectivity index (χ2v) is 3.12. The maximum absolute atomic E-state index is 12.7. The van der Waals surface area contributed by atoms with E-state index in [9.17, 15) is 4.39 Å². The van der Waals surface area contributed by atoms with E-state index in [0.717, 1.165) is 10.0 Å². The normalized spacial score (nSPS) is 10.8. The lowest BCUT2D eigenvalue weighted by Crippen LogP contribution is -1.77. The first kappa shape index (κ1) is 8.47. The molecule has 1 rings (SSSR count). The summed E-state index contributed by atoms with van der Waals surface area (Å²) in [5, 5.41) is 0. The second-order valence-electron chi connectivity index (χ2n) is 2.20. The lowest BCUT2D eigenvalue weighted by atomic mass is 10.2. The highest BCUT2D eigenvalue weighted by Gasteiger charge is 1.94. The van der Waals surface area contributed by atoms with Gasteiger partial charge < -0.3 is 0 Å². The summed E-state index contributed by atoms with van der Waals surface area (Å²) in [4.78, 5) is 0. The molecule has 58 valence electrons. The Balaban J connectivity index is 3.08. The van der Waals surface area contributed by atoms with Crippen LogP contribution in [-0.4, -0.2) is 0 Å². The molecule has 1 aromatic rings. The molecular formula is C9H8BrF. The van der Waals surface area contributed by atoms with Gasteiger partial charge in [-0.2, -0.15) is 0 Å². The molecule has 0 saturated carbocycles. The third-order valence-corrected chi connectivity index (χ3v) is 1.70. The van der Waals surface area contributed by atoms with E-state index in [1.165, 1.54) is 12.1 Å². The molecule has 0 bridgehead atoms. The van der Waals surface area contributed by atoms with Gasteiger partial charge in [-0.05, 0) is 30.7 Å². The molecular weight excluding hydrogens is 207 g/mol. The number of halogens is 2. The molecule has 0 aliphatic heterocycles. The van der Waals surface area contributed by atoms with E-state index >= 15 is 0 Å². The monoisotopic (exact) mass is 214 g/mol. The molecule has 0 spiro atoms. The van der Waals surface area contributed by atoms with E-state index in [1.807, 2.05) is 25.1 Å². The second kappa shape index (κ2) is 3.67. The Labute approximate surface area is 73.9 Å². The molecule has 0 nitrogen and oxygen atoms in total. The molecule has 0 N–H and O–H groups in total. The van der Waals surface area contributed by atoms with Gasteiger partial charge in [-0.15, -0.1) is 0 Å². The van der Waals surface area contributed by atoms with Crippen LogP contribution in [0.5, 0.6) is 0 Å². The van der Waals surface area contributed by atoms with Crippen LogP contribution in [0, 0.1) is 5.82 Å². The third kappa shape index (κ3) is 2.46. The quantitative estimate of drug-likeness (QED) is 0.671. The fourth-order valence-electron chi connectivity index (χ4n) is 0.864. The fourth-order valence-corrected chi connectivity index (χ4v) is 1.35. The lowest BCUT2D eigenvalue weighted by Gasteiger charge is -1.94. The van der Waals surface area contributed by atoms with Gasteiger partial charge in [0.2, 0.25) is 0 Å². The zero-order valence-corrected chi connectivity index (χ0v) is 7.73. The molecule has 0 aromatic heterocycles. The summed E-state index contributed by atoms with van der Waals surface area (Å²) < 4.78 is 13.5. The van der Waals surface area contributed by atoms with Crippen molar-refractivity contribution in [2.75, 3.05) is 0 Å². The van der Waals surface area contributed by atoms with Crippen LogP contribution in [0.25, 0.3) is 6.08 Å². The van der Waals surface area contributed by atoms with Crippen LogP contribution in [0.4, 0.5) is 4.39 Å². The highest BCUT2D eigenvalue weighted by Crippen LogP contribution is 2.15. The van der Waals surface area contributed by atoms with Crippen LogP contribution in [-0.2, 0) is 0 Å². The lowest BCUT2D eigenvalue weighted by molar-refractivity contribution is 0.626. The van der Waals surface area contributed by atoms with Gasteiger partial charge in [-0.3, -0.25) is 0 Å². The van der Waals surface area contributed by atoms with Gasteiger partial charge in [0.1, 0.15) is 5.82 Å². The van der Waals surface area contributed by atoms with Crippen LogP contribution >= 0.6 is 15.9 Å². The van der Waals surface area contributed by atoms with Crippen molar-refractivity contribution >= 4 is 22.0 Å². The van der Waals surface area contributed by atoms with Crippen LogP contribution in [0.15, 0.2) is 28.7 Å². The number of hydrogen-bond acceptors (Lipinski definition) is 0. The molecule has 0 heterocycles. The third-order valence-electron chi connectivity index (χ3n) is 1.24. The van der Waals surface area contributed by atoms with E-state index in [2.05, 4.69) is 15.9 Å². The van der Waals surface area contributed by atoms with Crippen molar-refractivity contribution < 1.29 is 4.39 Å². The number of benzene rings is 1. The number of allylic oxidation sites excluding steroid dienone is 1. The highest BCUT2D eigenvalue weighted by atomic mass is 79.9. The number of hydrogen-bond donors (Lipinski definition) is 0. The topological polar surface area (TPSA) is 0 Å². The molecule has 0 saturated heterocycles. The average Bonchev–Trinajstić information content (AvgIpc) is 1.85. The largest absolute Gasteiger partial charge is 0.207 e. The average molecular weight is 215 g/mol. The Morgan fingerprint density at radius 3 is 2.64 bits per heavy atom. The van der Waals surface area contributed by atoms with Crippen LogP contribution in [0.3, 0.4) is 0 Å². The summed E-state index contributed by atoms with van der Waals surface area (Å²) in [6.07, 6.45) is 3.73. The molecule has 11 heavy (non-hydrogen) atoms. The SMILES string of the molecule is CC=Cc1cc(F)cc(Br)c1. The Morgan fingerprint density at radius 1 is 1.36 bits per heavy atom. The van der Waals surface area contributed by atoms with Gasteiger partial charge in [0.25, 0.3) is 0 Å². The van der Waals surface area contributed by atoms with Gasteiger partial charge in [-0.25, -0.2) is 4.39 Å². The van der Waals surface area contributed by atoms with Gasteiger partial charge in [0, 0.05) is 4.47 Å². The Hall–Kier alpha value is -0.630. The minimum absolute atomic E-state index is 0.215. The van der Waals surface area contributed by atoms with Gasteiger partial charge in [0.15, 0.2) is 0 Å². The Kier molecular flexibility index (Phi) is 2.83. The minimum Gasteiger partial charge on any atom is -0.207 e. The van der Waals surface area contributed by atoms with E-state index in [-0.39, 0.29) is 5.82 Å². The van der Waals surface area contributed by atoms with E-state index in [0.29, 0.717) is 0 Å². The zero-order chi connectivity index (χ0) is 8.27. The Bertz CT molecular complexity index is 259. The van der Waals surface area contributed by atoms with Crippen molar-refractivity contribution in [3.8, 4) is 0 Å². The first-order valence-electron chi connectivity index (χ1n) is 3.31. The standard InChI is InChI=1S/C9H8BrF/c1-2-3-7-4-8(10)6-9(11)5-7/h2-6H,1H3. The van der Waals surface area contributed by atoms with Crippen LogP contribution in [0.2, 0.25) is 0 Å². The highest BCUT2D eigenvalue weighted by molar-refractivity contribution is 9.10. The molecule has 0 radical (unpaired) electrons. The molecule has 0 aliphatic carbocycles. The summed E-state index contributed by atoms with van der Waals surface area (Å²) in [6, 6.07) is 4.79. The van der Waals surface area contributed by atoms with Crippen molar-refractivity contribution in [1.29, 1.82) is 0 Å². The summed E-state index contributed by atoms with van der Waals surface area (Å²) in [5.41, 5.74) is 0.874. The van der Waals surface area contributed by atoms with Crippen molar-refractivity contribution in [3.05, 3.63) is 40.1 Å². The van der Waals surface area contributed by atoms with E-state index in [4.69, 9.17) is 0 Å². The smallest absolute Gasteiger partial charge is 0.124 e. The number of rotatable bonds is 1. The first-order valence-corrected chi connectivity index (χ1v) is 4.10. The zero-order valence-electron chi connectivity index (χ0n) is 6.14. The maximum atomic E-state index is 12.7. The predicted molar refractivity (Wildman–Crippen MR) is 48.8 cm³/mol. The molecule has 0 atom stereocenters.